The van der Waals surface area contributed by atoms with Crippen LogP contribution in [0, 0.1) is 17.6 Å². The molecule has 0 heterocycles. The smallest absolute Gasteiger partial charge is 0.143 e. The highest BCUT2D eigenvalue weighted by Crippen LogP contribution is 2.25. The van der Waals surface area contributed by atoms with Crippen LogP contribution in [0.15, 0.2) is 16.6 Å². The normalized spacial score (nSPS) is 12.7. The Balaban J connectivity index is 2.82. The zero-order valence-corrected chi connectivity index (χ0v) is 12.5. The Kier molecular flexibility index (Phi) is 6.79. The summed E-state index contributed by atoms with van der Waals surface area (Å²) in [5.74, 6) is -0.644. The van der Waals surface area contributed by atoms with Gasteiger partial charge in [-0.2, -0.15) is 0 Å². The summed E-state index contributed by atoms with van der Waals surface area (Å²) in [6.45, 7) is 5.80. The SMILES string of the molecule is CCCC(CNCC)Cc1c(F)ccc(Br)c1F. The molecule has 1 atom stereocenters. The Hall–Kier alpha value is -0.480. The van der Waals surface area contributed by atoms with Gasteiger partial charge in [-0.15, -0.1) is 0 Å². The second-order valence-corrected chi connectivity index (χ2v) is 5.34. The molecule has 0 radical (unpaired) electrons. The molecule has 1 N–H and O–H groups in total. The first kappa shape index (κ1) is 15.6. The predicted octanol–water partition coefficient (Wildman–Crippen LogP) is 4.30. The van der Waals surface area contributed by atoms with Crippen LogP contribution in [-0.4, -0.2) is 13.1 Å². The average Bonchev–Trinajstić information content (AvgIpc) is 2.36. The predicted molar refractivity (Wildman–Crippen MR) is 74.7 cm³/mol. The third-order valence-electron chi connectivity index (χ3n) is 3.01. The first-order chi connectivity index (χ1) is 8.60. The van der Waals surface area contributed by atoms with Crippen LogP contribution in [0.1, 0.15) is 32.3 Å². The van der Waals surface area contributed by atoms with Gasteiger partial charge in [-0.05, 0) is 59.9 Å². The van der Waals surface area contributed by atoms with Crippen molar-refractivity contribution in [2.75, 3.05) is 13.1 Å². The van der Waals surface area contributed by atoms with Crippen molar-refractivity contribution in [2.24, 2.45) is 5.92 Å². The van der Waals surface area contributed by atoms with Crippen molar-refractivity contribution in [1.29, 1.82) is 0 Å². The van der Waals surface area contributed by atoms with E-state index in [1.165, 1.54) is 12.1 Å². The van der Waals surface area contributed by atoms with E-state index in [1.54, 1.807) is 0 Å². The number of hydrogen-bond acceptors (Lipinski definition) is 1. The Morgan fingerprint density at radius 3 is 2.61 bits per heavy atom. The fourth-order valence-electron chi connectivity index (χ4n) is 2.08. The van der Waals surface area contributed by atoms with Crippen LogP contribution in [0.5, 0.6) is 0 Å². The van der Waals surface area contributed by atoms with Gasteiger partial charge in [0.05, 0.1) is 4.47 Å². The lowest BCUT2D eigenvalue weighted by molar-refractivity contribution is 0.425. The maximum atomic E-state index is 13.9. The van der Waals surface area contributed by atoms with E-state index in [1.807, 2.05) is 6.92 Å². The molecule has 18 heavy (non-hydrogen) atoms. The molecule has 4 heteroatoms. The number of hydrogen-bond donors (Lipinski definition) is 1. The van der Waals surface area contributed by atoms with E-state index < -0.39 is 11.6 Å². The summed E-state index contributed by atoms with van der Waals surface area (Å²) in [5.41, 5.74) is 0.195. The van der Waals surface area contributed by atoms with Gasteiger partial charge in [0.1, 0.15) is 11.6 Å². The van der Waals surface area contributed by atoms with E-state index in [4.69, 9.17) is 0 Å². The third kappa shape index (κ3) is 4.32. The number of halogens is 3. The lowest BCUT2D eigenvalue weighted by atomic mass is 9.94. The molecular weight excluding hydrogens is 300 g/mol. The van der Waals surface area contributed by atoms with Crippen molar-refractivity contribution in [3.05, 3.63) is 33.8 Å². The van der Waals surface area contributed by atoms with Crippen molar-refractivity contribution in [2.45, 2.75) is 33.1 Å². The van der Waals surface area contributed by atoms with Crippen molar-refractivity contribution in [3.8, 4) is 0 Å². The van der Waals surface area contributed by atoms with E-state index in [0.717, 1.165) is 25.9 Å². The molecule has 0 aliphatic heterocycles. The molecule has 1 unspecified atom stereocenters. The van der Waals surface area contributed by atoms with E-state index in [2.05, 4.69) is 28.2 Å². The minimum absolute atomic E-state index is 0.195. The maximum absolute atomic E-state index is 13.9. The number of nitrogens with one attached hydrogen (secondary N) is 1. The molecule has 102 valence electrons. The van der Waals surface area contributed by atoms with Crippen LogP contribution in [0.3, 0.4) is 0 Å². The first-order valence-electron chi connectivity index (χ1n) is 6.43. The summed E-state index contributed by atoms with van der Waals surface area (Å²) in [6, 6.07) is 2.73. The summed E-state index contributed by atoms with van der Waals surface area (Å²) in [6.07, 6.45) is 2.43. The molecular formula is C14H20BrF2N. The quantitative estimate of drug-likeness (QED) is 0.739. The zero-order chi connectivity index (χ0) is 13.5. The highest BCUT2D eigenvalue weighted by atomic mass is 79.9. The molecule has 0 bridgehead atoms. The number of benzene rings is 1. The third-order valence-corrected chi connectivity index (χ3v) is 3.62. The molecule has 0 aromatic heterocycles. The largest absolute Gasteiger partial charge is 0.317 e. The second kappa shape index (κ2) is 7.85. The maximum Gasteiger partial charge on any atom is 0.143 e. The summed E-state index contributed by atoms with van der Waals surface area (Å²) in [4.78, 5) is 0. The van der Waals surface area contributed by atoms with Gasteiger partial charge in [-0.3, -0.25) is 0 Å². The van der Waals surface area contributed by atoms with Gasteiger partial charge >= 0.3 is 0 Å². The van der Waals surface area contributed by atoms with Crippen LogP contribution < -0.4 is 5.32 Å². The van der Waals surface area contributed by atoms with E-state index in [-0.39, 0.29) is 11.5 Å². The van der Waals surface area contributed by atoms with Gasteiger partial charge in [-0.25, -0.2) is 8.78 Å². The average molecular weight is 320 g/mol. The Bertz CT molecular complexity index is 382. The van der Waals surface area contributed by atoms with Crippen LogP contribution in [0.4, 0.5) is 8.78 Å². The van der Waals surface area contributed by atoms with Crippen LogP contribution >= 0.6 is 15.9 Å². The van der Waals surface area contributed by atoms with Gasteiger partial charge in [0, 0.05) is 5.56 Å². The molecule has 0 spiro atoms. The van der Waals surface area contributed by atoms with Gasteiger partial charge in [0.15, 0.2) is 0 Å². The highest BCUT2D eigenvalue weighted by molar-refractivity contribution is 9.10. The van der Waals surface area contributed by atoms with Crippen molar-refractivity contribution in [3.63, 3.8) is 0 Å². The van der Waals surface area contributed by atoms with Crippen molar-refractivity contribution in [1.82, 2.24) is 5.32 Å². The molecule has 0 fully saturated rings. The lowest BCUT2D eigenvalue weighted by Gasteiger charge is -2.17. The van der Waals surface area contributed by atoms with Crippen LogP contribution in [0.2, 0.25) is 0 Å². The van der Waals surface area contributed by atoms with Gasteiger partial charge < -0.3 is 5.32 Å². The van der Waals surface area contributed by atoms with Gasteiger partial charge in [0.2, 0.25) is 0 Å². The van der Waals surface area contributed by atoms with E-state index >= 15 is 0 Å². The first-order valence-corrected chi connectivity index (χ1v) is 7.22. The second-order valence-electron chi connectivity index (χ2n) is 4.49. The fraction of sp³-hybridized carbons (Fsp3) is 0.571. The highest BCUT2D eigenvalue weighted by Gasteiger charge is 2.17. The molecule has 0 saturated heterocycles. The molecule has 0 saturated carbocycles. The summed E-state index contributed by atoms with van der Waals surface area (Å²) in [5, 5.41) is 3.25. The molecule has 1 aromatic rings. The van der Waals surface area contributed by atoms with E-state index in [9.17, 15) is 8.78 Å². The van der Waals surface area contributed by atoms with Crippen molar-refractivity contribution < 1.29 is 8.78 Å². The summed E-state index contributed by atoms with van der Waals surface area (Å²) in [7, 11) is 0. The van der Waals surface area contributed by atoms with E-state index in [0.29, 0.717) is 10.9 Å². The zero-order valence-electron chi connectivity index (χ0n) is 10.9. The van der Waals surface area contributed by atoms with Crippen molar-refractivity contribution >= 4 is 15.9 Å². The fourth-order valence-corrected chi connectivity index (χ4v) is 2.45. The van der Waals surface area contributed by atoms with Gasteiger partial charge in [0.25, 0.3) is 0 Å². The molecule has 0 aliphatic carbocycles. The van der Waals surface area contributed by atoms with Crippen LogP contribution in [0.25, 0.3) is 0 Å². The lowest BCUT2D eigenvalue weighted by Crippen LogP contribution is -2.24. The topological polar surface area (TPSA) is 12.0 Å². The summed E-state index contributed by atoms with van der Waals surface area (Å²) >= 11 is 3.10. The summed E-state index contributed by atoms with van der Waals surface area (Å²) < 4.78 is 27.9. The Morgan fingerprint density at radius 2 is 2.00 bits per heavy atom. The molecule has 1 rings (SSSR count). The molecule has 0 amide bonds. The molecule has 1 nitrogen and oxygen atoms in total. The Labute approximate surface area is 116 Å². The number of rotatable bonds is 7. The molecule has 0 aliphatic rings. The van der Waals surface area contributed by atoms with Crippen LogP contribution in [-0.2, 0) is 6.42 Å². The standard InChI is InChI=1S/C14H20BrF2N/c1-3-5-10(9-18-4-2)8-11-13(16)7-6-12(15)14(11)17/h6-7,10,18H,3-5,8-9H2,1-2H3. The monoisotopic (exact) mass is 319 g/mol. The Morgan fingerprint density at radius 1 is 1.28 bits per heavy atom. The minimum Gasteiger partial charge on any atom is -0.317 e. The van der Waals surface area contributed by atoms with Gasteiger partial charge in [-0.1, -0.05) is 20.3 Å². The minimum atomic E-state index is -0.465. The molecule has 1 aromatic carbocycles.